The molecule has 0 amide bonds. The highest BCUT2D eigenvalue weighted by atomic mass is 16.5. The van der Waals surface area contributed by atoms with Crippen molar-refractivity contribution >= 4 is 17.7 Å². The van der Waals surface area contributed by atoms with Crippen molar-refractivity contribution in [1.29, 1.82) is 0 Å². The molecule has 96 valence electrons. The van der Waals surface area contributed by atoms with E-state index in [0.29, 0.717) is 6.42 Å². The summed E-state index contributed by atoms with van der Waals surface area (Å²) in [5.74, 6) is -1.50. The minimum absolute atomic E-state index is 0.102. The Balaban J connectivity index is 3.83. The number of carbonyl (C=O) groups is 3. The second kappa shape index (κ2) is 8.50. The van der Waals surface area contributed by atoms with Crippen LogP contribution in [-0.4, -0.2) is 31.4 Å². The standard InChI is InChI=1S/C12H18O5/c1-4-7-17-11(14)8-10(13)6-5-9(2)12(15)16-3/h4,9H,1,5-8H2,2-3H3/t9-/m0/s1. The highest BCUT2D eigenvalue weighted by Gasteiger charge is 2.16. The molecule has 0 aromatic carbocycles. The first-order valence-corrected chi connectivity index (χ1v) is 5.37. The van der Waals surface area contributed by atoms with E-state index in [2.05, 4.69) is 16.1 Å². The molecule has 5 nitrogen and oxygen atoms in total. The van der Waals surface area contributed by atoms with Gasteiger partial charge in [0.05, 0.1) is 13.0 Å². The van der Waals surface area contributed by atoms with Crippen LogP contribution in [0.1, 0.15) is 26.2 Å². The Morgan fingerprint density at radius 2 is 2.00 bits per heavy atom. The smallest absolute Gasteiger partial charge is 0.313 e. The summed E-state index contributed by atoms with van der Waals surface area (Å²) in [6.07, 6.45) is 1.71. The van der Waals surface area contributed by atoms with E-state index in [9.17, 15) is 14.4 Å². The van der Waals surface area contributed by atoms with Gasteiger partial charge in [-0.3, -0.25) is 14.4 Å². The van der Waals surface area contributed by atoms with Gasteiger partial charge in [0.2, 0.25) is 0 Å². The summed E-state index contributed by atoms with van der Waals surface area (Å²) in [7, 11) is 1.30. The fraction of sp³-hybridized carbons (Fsp3) is 0.583. The van der Waals surface area contributed by atoms with Gasteiger partial charge >= 0.3 is 11.9 Å². The number of esters is 2. The number of ketones is 1. The third-order valence-corrected chi connectivity index (χ3v) is 2.16. The summed E-state index contributed by atoms with van der Waals surface area (Å²) in [5, 5.41) is 0. The van der Waals surface area contributed by atoms with Crippen molar-refractivity contribution in [3.8, 4) is 0 Å². The van der Waals surface area contributed by atoms with Crippen molar-refractivity contribution in [2.45, 2.75) is 26.2 Å². The van der Waals surface area contributed by atoms with Crippen LogP contribution in [0.3, 0.4) is 0 Å². The third kappa shape index (κ3) is 7.27. The number of carbonyl (C=O) groups excluding carboxylic acids is 3. The summed E-state index contributed by atoms with van der Waals surface area (Å²) >= 11 is 0. The summed E-state index contributed by atoms with van der Waals surface area (Å²) < 4.78 is 9.19. The Morgan fingerprint density at radius 3 is 2.53 bits per heavy atom. The van der Waals surface area contributed by atoms with Gasteiger partial charge < -0.3 is 9.47 Å². The SMILES string of the molecule is C=CCOC(=O)CC(=O)CC[C@H](C)C(=O)OC. The summed E-state index contributed by atoms with van der Waals surface area (Å²) in [4.78, 5) is 33.5. The minimum Gasteiger partial charge on any atom is -0.469 e. The van der Waals surface area contributed by atoms with Gasteiger partial charge in [0.1, 0.15) is 18.8 Å². The predicted molar refractivity (Wildman–Crippen MR) is 61.2 cm³/mol. The van der Waals surface area contributed by atoms with Gasteiger partial charge in [-0.05, 0) is 6.42 Å². The Bertz CT molecular complexity index is 295. The molecule has 0 aliphatic carbocycles. The van der Waals surface area contributed by atoms with Crippen molar-refractivity contribution in [2.24, 2.45) is 5.92 Å². The third-order valence-electron chi connectivity index (χ3n) is 2.16. The van der Waals surface area contributed by atoms with Gasteiger partial charge in [-0.2, -0.15) is 0 Å². The van der Waals surface area contributed by atoms with Gasteiger partial charge in [0.25, 0.3) is 0 Å². The van der Waals surface area contributed by atoms with Crippen molar-refractivity contribution in [3.05, 3.63) is 12.7 Å². The Hall–Kier alpha value is -1.65. The molecule has 0 unspecified atom stereocenters. The molecule has 0 heterocycles. The van der Waals surface area contributed by atoms with Crippen molar-refractivity contribution < 1.29 is 23.9 Å². The first kappa shape index (κ1) is 15.3. The number of Topliss-reactive ketones (excluding diaryl/α,β-unsaturated/α-hetero) is 1. The predicted octanol–water partition coefficient (Wildman–Crippen LogP) is 1.26. The van der Waals surface area contributed by atoms with Crippen LogP contribution in [0.5, 0.6) is 0 Å². The number of methoxy groups -OCH3 is 1. The zero-order chi connectivity index (χ0) is 13.3. The second-order valence-electron chi connectivity index (χ2n) is 3.65. The van der Waals surface area contributed by atoms with Gasteiger partial charge in [-0.25, -0.2) is 0 Å². The Labute approximate surface area is 101 Å². The molecule has 0 saturated carbocycles. The summed E-state index contributed by atoms with van der Waals surface area (Å²) in [6, 6.07) is 0. The largest absolute Gasteiger partial charge is 0.469 e. The lowest BCUT2D eigenvalue weighted by molar-refractivity contribution is -0.145. The maximum atomic E-state index is 11.4. The van der Waals surface area contributed by atoms with Crippen LogP contribution in [0, 0.1) is 5.92 Å². The van der Waals surface area contributed by atoms with Gasteiger partial charge in [-0.1, -0.05) is 19.6 Å². The summed E-state index contributed by atoms with van der Waals surface area (Å²) in [6.45, 7) is 5.16. The zero-order valence-electron chi connectivity index (χ0n) is 10.2. The van der Waals surface area contributed by atoms with Crippen LogP contribution in [0.25, 0.3) is 0 Å². The number of rotatable bonds is 8. The van der Waals surface area contributed by atoms with Crippen LogP contribution in [0.4, 0.5) is 0 Å². The lowest BCUT2D eigenvalue weighted by Crippen LogP contribution is -2.16. The van der Waals surface area contributed by atoms with Crippen LogP contribution in [-0.2, 0) is 23.9 Å². The lowest BCUT2D eigenvalue weighted by Gasteiger charge is -2.07. The Morgan fingerprint density at radius 1 is 1.35 bits per heavy atom. The van der Waals surface area contributed by atoms with Crippen molar-refractivity contribution in [1.82, 2.24) is 0 Å². The normalized spacial score (nSPS) is 11.4. The van der Waals surface area contributed by atoms with Crippen LogP contribution >= 0.6 is 0 Å². The molecule has 0 rings (SSSR count). The van der Waals surface area contributed by atoms with Crippen molar-refractivity contribution in [3.63, 3.8) is 0 Å². The molecule has 0 spiro atoms. The van der Waals surface area contributed by atoms with Crippen LogP contribution in [0.2, 0.25) is 0 Å². The molecule has 0 bridgehead atoms. The molecular formula is C12H18O5. The first-order chi connectivity index (χ1) is 8.01. The van der Waals surface area contributed by atoms with Gasteiger partial charge in [0, 0.05) is 6.42 Å². The van der Waals surface area contributed by atoms with E-state index in [4.69, 9.17) is 0 Å². The second-order valence-corrected chi connectivity index (χ2v) is 3.65. The van der Waals surface area contributed by atoms with Gasteiger partial charge in [0.15, 0.2) is 0 Å². The quantitative estimate of drug-likeness (QED) is 0.364. The van der Waals surface area contributed by atoms with E-state index in [0.717, 1.165) is 0 Å². The molecule has 0 N–H and O–H groups in total. The molecule has 0 aromatic heterocycles. The molecular weight excluding hydrogens is 224 g/mol. The maximum absolute atomic E-state index is 11.4. The Kier molecular flexibility index (Phi) is 7.67. The molecule has 1 atom stereocenters. The van der Waals surface area contributed by atoms with E-state index < -0.39 is 5.97 Å². The highest BCUT2D eigenvalue weighted by Crippen LogP contribution is 2.09. The molecule has 0 saturated heterocycles. The molecule has 0 radical (unpaired) electrons. The highest BCUT2D eigenvalue weighted by molar-refractivity contribution is 5.95. The van der Waals surface area contributed by atoms with E-state index in [1.165, 1.54) is 13.2 Å². The maximum Gasteiger partial charge on any atom is 0.313 e. The topological polar surface area (TPSA) is 69.7 Å². The van der Waals surface area contributed by atoms with Crippen molar-refractivity contribution in [2.75, 3.05) is 13.7 Å². The molecule has 0 fully saturated rings. The number of hydrogen-bond donors (Lipinski definition) is 0. The van der Waals surface area contributed by atoms with Crippen LogP contribution < -0.4 is 0 Å². The fourth-order valence-electron chi connectivity index (χ4n) is 1.15. The molecule has 5 heteroatoms. The average Bonchev–Trinajstić information content (AvgIpc) is 2.32. The number of ether oxygens (including phenoxy) is 2. The fourth-order valence-corrected chi connectivity index (χ4v) is 1.15. The van der Waals surface area contributed by atoms with E-state index in [1.807, 2.05) is 0 Å². The molecule has 17 heavy (non-hydrogen) atoms. The van der Waals surface area contributed by atoms with E-state index in [-0.39, 0.29) is 37.1 Å². The average molecular weight is 242 g/mol. The number of hydrogen-bond acceptors (Lipinski definition) is 5. The molecule has 0 aliphatic rings. The summed E-state index contributed by atoms with van der Waals surface area (Å²) in [5.41, 5.74) is 0. The zero-order valence-corrected chi connectivity index (χ0v) is 10.2. The monoisotopic (exact) mass is 242 g/mol. The lowest BCUT2D eigenvalue weighted by atomic mass is 10.0. The van der Waals surface area contributed by atoms with Gasteiger partial charge in [-0.15, -0.1) is 0 Å². The molecule has 0 aromatic rings. The molecule has 0 aliphatic heterocycles. The van der Waals surface area contributed by atoms with E-state index in [1.54, 1.807) is 6.92 Å². The van der Waals surface area contributed by atoms with Crippen LogP contribution in [0.15, 0.2) is 12.7 Å². The minimum atomic E-state index is -0.569. The first-order valence-electron chi connectivity index (χ1n) is 5.37. The van der Waals surface area contributed by atoms with E-state index >= 15 is 0 Å².